The van der Waals surface area contributed by atoms with Crippen LogP contribution in [0.5, 0.6) is 0 Å². The number of benzene rings is 1. The van der Waals surface area contributed by atoms with Crippen LogP contribution in [0.1, 0.15) is 51.7 Å². The third-order valence-corrected chi connectivity index (χ3v) is 3.74. The smallest absolute Gasteiger partial charge is 0.314 e. The minimum Gasteiger partial charge on any atom is -0.393 e. The highest BCUT2D eigenvalue weighted by Gasteiger charge is 2.38. The van der Waals surface area contributed by atoms with Crippen molar-refractivity contribution >= 4 is 11.9 Å². The van der Waals surface area contributed by atoms with Crippen molar-refractivity contribution in [3.05, 3.63) is 35.4 Å². The zero-order valence-corrected chi connectivity index (χ0v) is 11.9. The van der Waals surface area contributed by atoms with Crippen LogP contribution in [0.2, 0.25) is 0 Å². The molecule has 0 aliphatic carbocycles. The first-order valence-electron chi connectivity index (χ1n) is 6.55. The zero-order valence-electron chi connectivity index (χ0n) is 11.9. The highest BCUT2D eigenvalue weighted by Crippen LogP contribution is 2.36. The van der Waals surface area contributed by atoms with Crippen LogP contribution in [0.4, 0.5) is 0 Å². The first kappa shape index (κ1) is 13.8. The van der Waals surface area contributed by atoms with Gasteiger partial charge in [0.25, 0.3) is 0 Å². The van der Waals surface area contributed by atoms with E-state index in [4.69, 9.17) is 0 Å². The van der Waals surface area contributed by atoms with E-state index in [0.29, 0.717) is 0 Å². The maximum atomic E-state index is 11.4. The van der Waals surface area contributed by atoms with Crippen molar-refractivity contribution in [3.63, 3.8) is 0 Å². The molecule has 0 unspecified atom stereocenters. The van der Waals surface area contributed by atoms with Crippen LogP contribution in [0.3, 0.4) is 0 Å². The van der Waals surface area contributed by atoms with Crippen LogP contribution in [-0.2, 0) is 25.2 Å². The van der Waals surface area contributed by atoms with Crippen LogP contribution in [0, 0.1) is 0 Å². The van der Waals surface area contributed by atoms with E-state index in [9.17, 15) is 9.59 Å². The van der Waals surface area contributed by atoms with Gasteiger partial charge >= 0.3 is 11.9 Å². The molecule has 0 atom stereocenters. The van der Waals surface area contributed by atoms with Gasteiger partial charge in [0.2, 0.25) is 0 Å². The molecule has 1 heterocycles. The summed E-state index contributed by atoms with van der Waals surface area (Å²) in [6.45, 7) is 8.42. The fraction of sp³-hybridized carbons (Fsp3) is 0.500. The second-order valence-corrected chi connectivity index (χ2v) is 6.59. The van der Waals surface area contributed by atoms with E-state index in [1.165, 1.54) is 5.56 Å². The van der Waals surface area contributed by atoms with Gasteiger partial charge in [-0.2, -0.15) is 0 Å². The van der Waals surface area contributed by atoms with Gasteiger partial charge in [-0.05, 0) is 16.5 Å². The van der Waals surface area contributed by atoms with Gasteiger partial charge in [-0.1, -0.05) is 52.0 Å². The second kappa shape index (κ2) is 4.48. The number of cyclic esters (lactones) is 2. The van der Waals surface area contributed by atoms with Crippen molar-refractivity contribution in [2.24, 2.45) is 0 Å². The zero-order chi connectivity index (χ0) is 14.3. The van der Waals surface area contributed by atoms with E-state index in [1.54, 1.807) is 0 Å². The summed E-state index contributed by atoms with van der Waals surface area (Å²) in [4.78, 5) is 22.9. The van der Waals surface area contributed by atoms with Gasteiger partial charge in [0, 0.05) is 5.41 Å². The highest BCUT2D eigenvalue weighted by molar-refractivity contribution is 5.90. The van der Waals surface area contributed by atoms with Crippen LogP contribution in [-0.4, -0.2) is 11.9 Å². The molecule has 1 aliphatic rings. The Kier molecular flexibility index (Phi) is 3.25. The van der Waals surface area contributed by atoms with Gasteiger partial charge in [-0.15, -0.1) is 0 Å². The fourth-order valence-corrected chi connectivity index (χ4v) is 2.48. The topological polar surface area (TPSA) is 43.4 Å². The number of ether oxygens (including phenoxy) is 1. The molecule has 19 heavy (non-hydrogen) atoms. The number of hydrogen-bond acceptors (Lipinski definition) is 3. The second-order valence-electron chi connectivity index (χ2n) is 6.59. The van der Waals surface area contributed by atoms with Crippen molar-refractivity contribution in [2.75, 3.05) is 0 Å². The van der Waals surface area contributed by atoms with Crippen molar-refractivity contribution in [1.29, 1.82) is 0 Å². The van der Waals surface area contributed by atoms with Gasteiger partial charge in [-0.3, -0.25) is 9.59 Å². The molecule has 0 saturated carbocycles. The molecule has 3 heteroatoms. The first-order valence-corrected chi connectivity index (χ1v) is 6.55. The van der Waals surface area contributed by atoms with E-state index in [-0.39, 0.29) is 18.3 Å². The maximum absolute atomic E-state index is 11.4. The van der Waals surface area contributed by atoms with Gasteiger partial charge in [0.15, 0.2) is 0 Å². The molecule has 0 bridgehead atoms. The van der Waals surface area contributed by atoms with Gasteiger partial charge < -0.3 is 4.74 Å². The minimum atomic E-state index is -0.442. The third kappa shape index (κ3) is 2.86. The molecule has 1 aromatic rings. The van der Waals surface area contributed by atoms with Crippen molar-refractivity contribution in [3.8, 4) is 0 Å². The standard InChI is InChI=1S/C16H20O3/c1-15(2,3)11-5-7-12(8-6-11)16(4)9-13(17)19-14(18)10-16/h5-8H,9-10H2,1-4H3. The van der Waals surface area contributed by atoms with Crippen LogP contribution < -0.4 is 0 Å². The molecule has 1 aliphatic heterocycles. The molecule has 2 rings (SSSR count). The minimum absolute atomic E-state index is 0.0980. The van der Waals surface area contributed by atoms with Crippen molar-refractivity contribution in [1.82, 2.24) is 0 Å². The quantitative estimate of drug-likeness (QED) is 0.575. The summed E-state index contributed by atoms with van der Waals surface area (Å²) in [7, 11) is 0. The molecule has 3 nitrogen and oxygen atoms in total. The SMILES string of the molecule is CC(C)(C)c1ccc(C2(C)CC(=O)OC(=O)C2)cc1. The van der Waals surface area contributed by atoms with E-state index in [1.807, 2.05) is 19.1 Å². The molecule has 0 aromatic heterocycles. The maximum Gasteiger partial charge on any atom is 0.314 e. The molecule has 0 amide bonds. The lowest BCUT2D eigenvalue weighted by Gasteiger charge is -2.32. The average molecular weight is 260 g/mol. The van der Waals surface area contributed by atoms with Crippen molar-refractivity contribution < 1.29 is 14.3 Å². The number of esters is 2. The van der Waals surface area contributed by atoms with Crippen molar-refractivity contribution in [2.45, 2.75) is 51.4 Å². The number of carbonyl (C=O) groups excluding carboxylic acids is 2. The predicted octanol–water partition coefficient (Wildman–Crippen LogP) is 3.11. The van der Waals surface area contributed by atoms with Crippen LogP contribution >= 0.6 is 0 Å². The molecule has 0 N–H and O–H groups in total. The summed E-state index contributed by atoms with van der Waals surface area (Å²) >= 11 is 0. The Morgan fingerprint density at radius 3 is 1.89 bits per heavy atom. The number of rotatable bonds is 1. The Morgan fingerprint density at radius 1 is 1.00 bits per heavy atom. The lowest BCUT2D eigenvalue weighted by Crippen LogP contribution is -2.36. The van der Waals surface area contributed by atoms with E-state index in [2.05, 4.69) is 37.6 Å². The summed E-state index contributed by atoms with van der Waals surface area (Å²) in [6, 6.07) is 8.19. The molecule has 102 valence electrons. The Morgan fingerprint density at radius 2 is 1.47 bits per heavy atom. The summed E-state index contributed by atoms with van der Waals surface area (Å²) < 4.78 is 4.60. The Balaban J connectivity index is 2.31. The normalized spacial score (nSPS) is 19.2. The summed E-state index contributed by atoms with van der Waals surface area (Å²) in [6.07, 6.45) is 0.515. The first-order chi connectivity index (χ1) is 8.71. The monoisotopic (exact) mass is 260 g/mol. The lowest BCUT2D eigenvalue weighted by molar-refractivity contribution is -0.166. The largest absolute Gasteiger partial charge is 0.393 e. The third-order valence-electron chi connectivity index (χ3n) is 3.74. The van der Waals surface area contributed by atoms with Crippen LogP contribution in [0.15, 0.2) is 24.3 Å². The van der Waals surface area contributed by atoms with E-state index < -0.39 is 17.4 Å². The fourth-order valence-electron chi connectivity index (χ4n) is 2.48. The van der Waals surface area contributed by atoms with Gasteiger partial charge in [0.1, 0.15) is 0 Å². The molecule has 1 saturated heterocycles. The summed E-state index contributed by atoms with van der Waals surface area (Å²) in [5, 5.41) is 0. The Hall–Kier alpha value is -1.64. The highest BCUT2D eigenvalue weighted by atomic mass is 16.6. The average Bonchev–Trinajstić information content (AvgIpc) is 2.26. The molecule has 1 fully saturated rings. The molecule has 1 aromatic carbocycles. The van der Waals surface area contributed by atoms with Gasteiger partial charge in [-0.25, -0.2) is 0 Å². The van der Waals surface area contributed by atoms with Gasteiger partial charge in [0.05, 0.1) is 12.8 Å². The van der Waals surface area contributed by atoms with E-state index in [0.717, 1.165) is 5.56 Å². The lowest BCUT2D eigenvalue weighted by atomic mass is 9.74. The van der Waals surface area contributed by atoms with Crippen LogP contribution in [0.25, 0.3) is 0 Å². The Labute approximate surface area is 114 Å². The predicted molar refractivity (Wildman–Crippen MR) is 72.8 cm³/mol. The molecular formula is C16H20O3. The number of hydrogen-bond donors (Lipinski definition) is 0. The molecule has 0 spiro atoms. The molecular weight excluding hydrogens is 240 g/mol. The number of carbonyl (C=O) groups is 2. The molecule has 0 radical (unpaired) electrons. The summed E-state index contributed by atoms with van der Waals surface area (Å²) in [5.74, 6) is -0.864. The van der Waals surface area contributed by atoms with E-state index >= 15 is 0 Å². The summed E-state index contributed by atoms with van der Waals surface area (Å²) in [5.41, 5.74) is 1.92. The Bertz CT molecular complexity index is 490.